The number of hydrogen-bond acceptors (Lipinski definition) is 5. The van der Waals surface area contributed by atoms with Crippen LogP contribution in [0.4, 0.5) is 4.79 Å². The Morgan fingerprint density at radius 2 is 2.19 bits per heavy atom. The van der Waals surface area contributed by atoms with E-state index < -0.39 is 5.60 Å². The summed E-state index contributed by atoms with van der Waals surface area (Å²) >= 11 is 0. The lowest BCUT2D eigenvalue weighted by molar-refractivity contribution is 0.0188. The molecule has 1 unspecified atom stereocenters. The quantitative estimate of drug-likeness (QED) is 0.686. The van der Waals surface area contributed by atoms with Crippen LogP contribution in [-0.4, -0.2) is 59.2 Å². The molecule has 6 heteroatoms. The molecule has 1 amide bonds. The zero-order chi connectivity index (χ0) is 15.0. The molecule has 3 aliphatic rings. The Kier molecular flexibility index (Phi) is 3.47. The zero-order valence-electron chi connectivity index (χ0n) is 12.9. The van der Waals surface area contributed by atoms with Crippen molar-refractivity contribution in [2.45, 2.75) is 45.4 Å². The SMILES string of the molecule is CC(C)(C)OC(=O)N1CCN2C(=CN=C3CCC=NC32)C1. The first-order valence-electron chi connectivity index (χ1n) is 7.46. The lowest BCUT2D eigenvalue weighted by Crippen LogP contribution is -2.54. The molecule has 1 saturated heterocycles. The summed E-state index contributed by atoms with van der Waals surface area (Å²) in [5.74, 6) is 0. The first-order chi connectivity index (χ1) is 9.94. The minimum absolute atomic E-state index is 0.0412. The van der Waals surface area contributed by atoms with Crippen LogP contribution in [-0.2, 0) is 4.74 Å². The fourth-order valence-corrected chi connectivity index (χ4v) is 2.77. The number of carbonyl (C=O) groups excluding carboxylic acids is 1. The molecule has 3 rings (SSSR count). The third-order valence-electron chi connectivity index (χ3n) is 3.73. The summed E-state index contributed by atoms with van der Waals surface area (Å²) in [6.07, 6.45) is 5.58. The first-order valence-corrected chi connectivity index (χ1v) is 7.46. The summed E-state index contributed by atoms with van der Waals surface area (Å²) < 4.78 is 5.44. The van der Waals surface area contributed by atoms with Crippen molar-refractivity contribution in [1.29, 1.82) is 0 Å². The molecule has 0 aromatic carbocycles. The van der Waals surface area contributed by atoms with Crippen molar-refractivity contribution in [1.82, 2.24) is 9.80 Å². The van der Waals surface area contributed by atoms with Crippen LogP contribution in [0.1, 0.15) is 33.6 Å². The largest absolute Gasteiger partial charge is 0.444 e. The van der Waals surface area contributed by atoms with Crippen molar-refractivity contribution in [2.24, 2.45) is 9.98 Å². The van der Waals surface area contributed by atoms with Gasteiger partial charge in [0.15, 0.2) is 6.17 Å². The molecule has 114 valence electrons. The smallest absolute Gasteiger partial charge is 0.410 e. The number of piperazine rings is 1. The van der Waals surface area contributed by atoms with E-state index in [1.165, 1.54) is 0 Å². The predicted molar refractivity (Wildman–Crippen MR) is 81.5 cm³/mol. The van der Waals surface area contributed by atoms with Crippen molar-refractivity contribution in [3.8, 4) is 0 Å². The van der Waals surface area contributed by atoms with Crippen LogP contribution >= 0.6 is 0 Å². The molecule has 0 spiro atoms. The Morgan fingerprint density at radius 1 is 1.38 bits per heavy atom. The summed E-state index contributed by atoms with van der Waals surface area (Å²) in [5, 5.41) is 0. The van der Waals surface area contributed by atoms with Crippen LogP contribution < -0.4 is 0 Å². The second-order valence-corrected chi connectivity index (χ2v) is 6.58. The van der Waals surface area contributed by atoms with Gasteiger partial charge in [0.25, 0.3) is 0 Å². The van der Waals surface area contributed by atoms with Crippen LogP contribution in [0, 0.1) is 0 Å². The highest BCUT2D eigenvalue weighted by Gasteiger charge is 2.35. The van der Waals surface area contributed by atoms with Gasteiger partial charge in [-0.3, -0.25) is 9.98 Å². The van der Waals surface area contributed by atoms with Crippen LogP contribution in [0.15, 0.2) is 21.9 Å². The molecular weight excluding hydrogens is 268 g/mol. The number of amides is 1. The zero-order valence-corrected chi connectivity index (χ0v) is 12.9. The van der Waals surface area contributed by atoms with Crippen LogP contribution in [0.5, 0.6) is 0 Å². The number of ether oxygens (including phenoxy) is 1. The summed E-state index contributed by atoms with van der Waals surface area (Å²) in [5.41, 5.74) is 1.71. The molecule has 0 saturated carbocycles. The maximum absolute atomic E-state index is 12.2. The van der Waals surface area contributed by atoms with Crippen molar-refractivity contribution in [3.05, 3.63) is 11.9 Å². The number of fused-ring (bicyclic) bond motifs is 3. The molecule has 0 N–H and O–H groups in total. The Morgan fingerprint density at radius 3 is 2.95 bits per heavy atom. The highest BCUT2D eigenvalue weighted by Crippen LogP contribution is 2.26. The van der Waals surface area contributed by atoms with Crippen LogP contribution in [0.25, 0.3) is 0 Å². The van der Waals surface area contributed by atoms with Gasteiger partial charge in [-0.1, -0.05) is 0 Å². The Hall–Kier alpha value is -1.85. The van der Waals surface area contributed by atoms with Crippen molar-refractivity contribution < 1.29 is 9.53 Å². The van der Waals surface area contributed by atoms with Gasteiger partial charge in [0.1, 0.15) is 5.60 Å². The number of hydrogen-bond donors (Lipinski definition) is 0. The Balaban J connectivity index is 1.72. The van der Waals surface area contributed by atoms with Gasteiger partial charge in [0.2, 0.25) is 0 Å². The first kappa shape index (κ1) is 14.1. The molecule has 0 aromatic heterocycles. The van der Waals surface area contributed by atoms with Gasteiger partial charge in [-0.25, -0.2) is 4.79 Å². The van der Waals surface area contributed by atoms with Gasteiger partial charge in [-0.2, -0.15) is 0 Å². The number of aliphatic imine (C=N–C) groups is 2. The van der Waals surface area contributed by atoms with E-state index in [4.69, 9.17) is 4.74 Å². The molecule has 0 aromatic rings. The monoisotopic (exact) mass is 290 g/mol. The van der Waals surface area contributed by atoms with E-state index in [-0.39, 0.29) is 12.3 Å². The minimum Gasteiger partial charge on any atom is -0.444 e. The summed E-state index contributed by atoms with van der Waals surface area (Å²) in [6.45, 7) is 7.62. The highest BCUT2D eigenvalue weighted by molar-refractivity contribution is 5.95. The predicted octanol–water partition coefficient (Wildman–Crippen LogP) is 2.03. The third kappa shape index (κ3) is 2.94. The lowest BCUT2D eigenvalue weighted by Gasteiger charge is -2.43. The van der Waals surface area contributed by atoms with Crippen molar-refractivity contribution in [3.63, 3.8) is 0 Å². The van der Waals surface area contributed by atoms with E-state index >= 15 is 0 Å². The molecular formula is C15H22N4O2. The molecule has 3 aliphatic heterocycles. The van der Waals surface area contributed by atoms with Crippen molar-refractivity contribution in [2.75, 3.05) is 19.6 Å². The van der Waals surface area contributed by atoms with Gasteiger partial charge in [0.05, 0.1) is 18.0 Å². The Labute approximate surface area is 125 Å². The van der Waals surface area contributed by atoms with E-state index in [0.717, 1.165) is 30.8 Å². The molecule has 0 radical (unpaired) electrons. The highest BCUT2D eigenvalue weighted by atomic mass is 16.6. The Bertz CT molecular complexity index is 530. The van der Waals surface area contributed by atoms with E-state index in [9.17, 15) is 4.79 Å². The normalized spacial score (nSPS) is 24.8. The summed E-state index contributed by atoms with van der Waals surface area (Å²) in [4.78, 5) is 25.2. The van der Waals surface area contributed by atoms with E-state index in [1.807, 2.05) is 33.2 Å². The summed E-state index contributed by atoms with van der Waals surface area (Å²) in [7, 11) is 0. The minimum atomic E-state index is -0.464. The molecule has 3 heterocycles. The fourth-order valence-electron chi connectivity index (χ4n) is 2.77. The number of carbonyl (C=O) groups is 1. The lowest BCUT2D eigenvalue weighted by atomic mass is 10.1. The molecule has 1 atom stereocenters. The van der Waals surface area contributed by atoms with E-state index in [1.54, 1.807) is 4.90 Å². The van der Waals surface area contributed by atoms with Crippen LogP contribution in [0.3, 0.4) is 0 Å². The van der Waals surface area contributed by atoms with Gasteiger partial charge in [0, 0.05) is 25.5 Å². The molecule has 1 fully saturated rings. The maximum Gasteiger partial charge on any atom is 0.410 e. The van der Waals surface area contributed by atoms with Gasteiger partial charge in [-0.05, 0) is 33.6 Å². The van der Waals surface area contributed by atoms with E-state index in [2.05, 4.69) is 14.9 Å². The second kappa shape index (κ2) is 5.16. The van der Waals surface area contributed by atoms with Gasteiger partial charge in [-0.15, -0.1) is 0 Å². The standard InChI is InChI=1S/C15H22N4O2/c1-15(2,3)21-14(20)18-7-8-19-11(10-18)9-17-12-5-4-6-16-13(12)19/h6,9,13H,4-5,7-8,10H2,1-3H3. The third-order valence-corrected chi connectivity index (χ3v) is 3.73. The number of nitrogens with zero attached hydrogens (tertiary/aromatic N) is 4. The topological polar surface area (TPSA) is 57.5 Å². The van der Waals surface area contributed by atoms with Crippen molar-refractivity contribution >= 4 is 18.0 Å². The molecule has 6 nitrogen and oxygen atoms in total. The average molecular weight is 290 g/mol. The van der Waals surface area contributed by atoms with E-state index in [0.29, 0.717) is 13.1 Å². The fraction of sp³-hybridized carbons (Fsp3) is 0.667. The van der Waals surface area contributed by atoms with Gasteiger partial charge >= 0.3 is 6.09 Å². The van der Waals surface area contributed by atoms with Crippen LogP contribution in [0.2, 0.25) is 0 Å². The molecule has 0 aliphatic carbocycles. The maximum atomic E-state index is 12.2. The number of rotatable bonds is 0. The molecule has 0 bridgehead atoms. The van der Waals surface area contributed by atoms with Gasteiger partial charge < -0.3 is 14.5 Å². The average Bonchev–Trinajstić information content (AvgIpc) is 2.44. The summed E-state index contributed by atoms with van der Waals surface area (Å²) in [6, 6.07) is 0. The second-order valence-electron chi connectivity index (χ2n) is 6.58. The molecule has 21 heavy (non-hydrogen) atoms.